The first kappa shape index (κ1) is 21.9. The van der Waals surface area contributed by atoms with Crippen molar-refractivity contribution in [3.05, 3.63) is 59.8 Å². The van der Waals surface area contributed by atoms with Crippen LogP contribution in [0.5, 0.6) is 5.75 Å². The van der Waals surface area contributed by atoms with E-state index in [2.05, 4.69) is 42.2 Å². The van der Waals surface area contributed by atoms with Crippen LogP contribution in [0.1, 0.15) is 57.4 Å². The summed E-state index contributed by atoms with van der Waals surface area (Å²) in [5.74, 6) is 1.46. The number of aromatic nitrogens is 1. The fourth-order valence-corrected chi connectivity index (χ4v) is 3.92. The highest BCUT2D eigenvalue weighted by Gasteiger charge is 2.19. The molecule has 1 fully saturated rings. The summed E-state index contributed by atoms with van der Waals surface area (Å²) in [6, 6.07) is 12.5. The van der Waals surface area contributed by atoms with Crippen LogP contribution in [-0.2, 0) is 11.3 Å². The molecule has 3 rings (SSSR count). The molecule has 0 spiro atoms. The van der Waals surface area contributed by atoms with Gasteiger partial charge in [0, 0.05) is 11.1 Å². The van der Waals surface area contributed by atoms with Gasteiger partial charge in [-0.25, -0.2) is 0 Å². The first-order valence-electron chi connectivity index (χ1n) is 10.8. The Morgan fingerprint density at radius 2 is 1.83 bits per heavy atom. The fraction of sp³-hybridized carbons (Fsp3) is 0.480. The van der Waals surface area contributed by atoms with Crippen LogP contribution in [0.4, 0.5) is 0 Å². The van der Waals surface area contributed by atoms with E-state index in [1.165, 1.54) is 18.4 Å². The number of hydrogen-bond acceptors (Lipinski definition) is 3. The van der Waals surface area contributed by atoms with Crippen molar-refractivity contribution in [2.24, 2.45) is 5.92 Å². The molecule has 1 saturated carbocycles. The largest absolute Gasteiger partial charge is 0.492 e. The van der Waals surface area contributed by atoms with Gasteiger partial charge in [0.1, 0.15) is 5.75 Å². The monoisotopic (exact) mass is 413 g/mol. The number of pyridine rings is 1. The standard InChI is InChI=1S/C25H32ClNO2/c1-2-3-4-17-28-24-13-14-25(27-18-24)22-9-5-21(6-10-22)19-29-23-11-7-20(8-12-23)15-16-26/h5-6,9-10,13-16,18,20,23H,2-4,7-8,11-12,17,19H2,1H3. The molecule has 0 aliphatic heterocycles. The summed E-state index contributed by atoms with van der Waals surface area (Å²) >= 11 is 5.69. The van der Waals surface area contributed by atoms with E-state index >= 15 is 0 Å². The van der Waals surface area contributed by atoms with Gasteiger partial charge in [0.05, 0.1) is 31.2 Å². The van der Waals surface area contributed by atoms with Crippen LogP contribution in [0.15, 0.2) is 54.2 Å². The van der Waals surface area contributed by atoms with Gasteiger partial charge >= 0.3 is 0 Å². The summed E-state index contributed by atoms with van der Waals surface area (Å²) < 4.78 is 11.9. The Kier molecular flexibility index (Phi) is 9.04. The number of ether oxygens (including phenoxy) is 2. The van der Waals surface area contributed by atoms with E-state index in [0.29, 0.717) is 18.6 Å². The van der Waals surface area contributed by atoms with Crippen molar-refractivity contribution in [2.75, 3.05) is 6.61 Å². The lowest BCUT2D eigenvalue weighted by atomic mass is 9.87. The summed E-state index contributed by atoms with van der Waals surface area (Å²) in [6.07, 6.45) is 12.3. The van der Waals surface area contributed by atoms with Crippen LogP contribution in [-0.4, -0.2) is 17.7 Å². The average molecular weight is 414 g/mol. The van der Waals surface area contributed by atoms with Crippen molar-refractivity contribution in [3.63, 3.8) is 0 Å². The molecule has 1 aromatic carbocycles. The van der Waals surface area contributed by atoms with Crippen LogP contribution in [0.25, 0.3) is 11.3 Å². The molecule has 3 nitrogen and oxygen atoms in total. The Balaban J connectivity index is 1.45. The molecule has 0 saturated heterocycles. The van der Waals surface area contributed by atoms with Gasteiger partial charge < -0.3 is 9.47 Å². The number of benzene rings is 1. The van der Waals surface area contributed by atoms with E-state index in [-0.39, 0.29) is 0 Å². The predicted octanol–water partition coefficient (Wildman–Crippen LogP) is 7.15. The van der Waals surface area contributed by atoms with Crippen molar-refractivity contribution in [1.82, 2.24) is 4.98 Å². The van der Waals surface area contributed by atoms with Gasteiger partial charge in [-0.1, -0.05) is 61.7 Å². The van der Waals surface area contributed by atoms with Crippen LogP contribution in [0.2, 0.25) is 0 Å². The predicted molar refractivity (Wildman–Crippen MR) is 120 cm³/mol. The molecule has 1 heterocycles. The summed E-state index contributed by atoms with van der Waals surface area (Å²) in [5, 5.41) is 0. The smallest absolute Gasteiger partial charge is 0.137 e. The molecule has 0 unspecified atom stereocenters. The van der Waals surface area contributed by atoms with Gasteiger partial charge in [-0.15, -0.1) is 0 Å². The SMILES string of the molecule is CCCCCOc1ccc(-c2ccc(COC3CCC(C=CCl)CC3)cc2)nc1. The van der Waals surface area contributed by atoms with Crippen LogP contribution in [0.3, 0.4) is 0 Å². The highest BCUT2D eigenvalue weighted by molar-refractivity contribution is 6.25. The molecule has 0 bridgehead atoms. The number of unbranched alkanes of at least 4 members (excludes halogenated alkanes) is 2. The van der Waals surface area contributed by atoms with Gasteiger partial charge in [0.25, 0.3) is 0 Å². The highest BCUT2D eigenvalue weighted by Crippen LogP contribution is 2.28. The zero-order valence-corrected chi connectivity index (χ0v) is 18.1. The van der Waals surface area contributed by atoms with Crippen molar-refractivity contribution in [3.8, 4) is 17.0 Å². The van der Waals surface area contributed by atoms with Gasteiger partial charge in [-0.2, -0.15) is 0 Å². The van der Waals surface area contributed by atoms with Crippen LogP contribution < -0.4 is 4.74 Å². The minimum Gasteiger partial charge on any atom is -0.492 e. The molecule has 1 aromatic heterocycles. The van der Waals surface area contributed by atoms with E-state index < -0.39 is 0 Å². The molecule has 156 valence electrons. The molecule has 1 aliphatic rings. The second-order valence-electron chi connectivity index (χ2n) is 7.80. The molecule has 0 radical (unpaired) electrons. The summed E-state index contributed by atoms with van der Waals surface area (Å²) in [6.45, 7) is 3.62. The quantitative estimate of drug-likeness (QED) is 0.387. The van der Waals surface area contributed by atoms with E-state index in [4.69, 9.17) is 21.1 Å². The number of hydrogen-bond donors (Lipinski definition) is 0. The Hall–Kier alpha value is -1.84. The normalized spacial score (nSPS) is 19.5. The van der Waals surface area contributed by atoms with Gasteiger partial charge in [0.2, 0.25) is 0 Å². The number of rotatable bonds is 10. The number of halogens is 1. The summed E-state index contributed by atoms with van der Waals surface area (Å²) in [5.41, 5.74) is 4.92. The topological polar surface area (TPSA) is 31.4 Å². The molecule has 2 aromatic rings. The van der Waals surface area contributed by atoms with Gasteiger partial charge in [0.15, 0.2) is 0 Å². The van der Waals surface area contributed by atoms with Crippen LogP contribution in [0, 0.1) is 5.92 Å². The first-order chi connectivity index (χ1) is 14.3. The third-order valence-corrected chi connectivity index (χ3v) is 5.70. The summed E-state index contributed by atoms with van der Waals surface area (Å²) in [7, 11) is 0. The Bertz CT molecular complexity index is 734. The minimum atomic E-state index is 0.362. The van der Waals surface area contributed by atoms with Crippen LogP contribution >= 0.6 is 11.6 Å². The second kappa shape index (κ2) is 12.0. The molecule has 0 amide bonds. The third-order valence-electron chi connectivity index (χ3n) is 5.55. The zero-order chi connectivity index (χ0) is 20.3. The van der Waals surface area contributed by atoms with E-state index in [9.17, 15) is 0 Å². The fourth-order valence-electron chi connectivity index (χ4n) is 3.71. The lowest BCUT2D eigenvalue weighted by Crippen LogP contribution is -2.20. The maximum absolute atomic E-state index is 6.12. The molecule has 0 atom stereocenters. The first-order valence-corrected chi connectivity index (χ1v) is 11.3. The third kappa shape index (κ3) is 7.17. The minimum absolute atomic E-state index is 0.362. The van der Waals surface area contributed by atoms with E-state index in [1.54, 1.807) is 5.54 Å². The lowest BCUT2D eigenvalue weighted by Gasteiger charge is -2.26. The Labute approximate surface area is 180 Å². The van der Waals surface area contributed by atoms with Crippen molar-refractivity contribution in [2.45, 2.75) is 64.6 Å². The number of allylic oxidation sites excluding steroid dienone is 1. The molecular weight excluding hydrogens is 382 g/mol. The van der Waals surface area contributed by atoms with Crippen molar-refractivity contribution in [1.29, 1.82) is 0 Å². The molecule has 0 N–H and O–H groups in total. The average Bonchev–Trinajstić information content (AvgIpc) is 2.77. The molecule has 4 heteroatoms. The zero-order valence-electron chi connectivity index (χ0n) is 17.4. The Morgan fingerprint density at radius 3 is 2.48 bits per heavy atom. The molecular formula is C25H32ClNO2. The van der Waals surface area contributed by atoms with Gasteiger partial charge in [-0.3, -0.25) is 4.98 Å². The van der Waals surface area contributed by atoms with Crippen molar-refractivity contribution < 1.29 is 9.47 Å². The molecule has 29 heavy (non-hydrogen) atoms. The maximum Gasteiger partial charge on any atom is 0.137 e. The second-order valence-corrected chi connectivity index (χ2v) is 8.05. The van der Waals surface area contributed by atoms with Crippen molar-refractivity contribution >= 4 is 11.6 Å². The number of nitrogens with zero attached hydrogens (tertiary/aromatic N) is 1. The lowest BCUT2D eigenvalue weighted by molar-refractivity contribution is 0.0111. The highest BCUT2D eigenvalue weighted by atomic mass is 35.5. The Morgan fingerprint density at radius 1 is 1.03 bits per heavy atom. The van der Waals surface area contributed by atoms with E-state index in [0.717, 1.165) is 55.7 Å². The molecule has 1 aliphatic carbocycles. The van der Waals surface area contributed by atoms with Gasteiger partial charge in [-0.05, 0) is 55.7 Å². The van der Waals surface area contributed by atoms with E-state index in [1.807, 2.05) is 18.3 Å². The summed E-state index contributed by atoms with van der Waals surface area (Å²) in [4.78, 5) is 4.55. The maximum atomic E-state index is 6.12.